The van der Waals surface area contributed by atoms with E-state index in [1.165, 1.54) is 6.07 Å². The number of sulfonamides is 1. The van der Waals surface area contributed by atoms with E-state index >= 15 is 0 Å². The zero-order chi connectivity index (χ0) is 21.7. The van der Waals surface area contributed by atoms with Crippen molar-refractivity contribution in [1.29, 1.82) is 0 Å². The van der Waals surface area contributed by atoms with E-state index in [9.17, 15) is 30.4 Å². The van der Waals surface area contributed by atoms with Crippen molar-refractivity contribution in [3.05, 3.63) is 35.4 Å². The van der Waals surface area contributed by atoms with Crippen LogP contribution in [0.4, 0.5) is 22.0 Å². The summed E-state index contributed by atoms with van der Waals surface area (Å²) in [7, 11) is -5.33. The first-order valence-electron chi connectivity index (χ1n) is 9.10. The van der Waals surface area contributed by atoms with Crippen LogP contribution in [0.2, 0.25) is 0 Å². The van der Waals surface area contributed by atoms with Gasteiger partial charge in [0.1, 0.15) is 11.6 Å². The molecule has 0 aromatic heterocycles. The monoisotopic (exact) mass is 442 g/mol. The van der Waals surface area contributed by atoms with Gasteiger partial charge < -0.3 is 10.6 Å². The molecule has 1 aliphatic heterocycles. The summed E-state index contributed by atoms with van der Waals surface area (Å²) in [4.78, 5) is 4.24. The lowest BCUT2D eigenvalue weighted by Crippen LogP contribution is -2.51. The molecule has 29 heavy (non-hydrogen) atoms. The fourth-order valence-electron chi connectivity index (χ4n) is 2.95. The molecule has 0 aliphatic carbocycles. The van der Waals surface area contributed by atoms with Gasteiger partial charge in [-0.3, -0.25) is 4.99 Å². The lowest BCUT2D eigenvalue weighted by Gasteiger charge is -2.32. The molecule has 1 heterocycles. The Morgan fingerprint density at radius 1 is 1.21 bits per heavy atom. The molecule has 0 radical (unpaired) electrons. The topological polar surface area (TPSA) is 73.8 Å². The minimum Gasteiger partial charge on any atom is -0.357 e. The number of halogens is 5. The number of rotatable bonds is 6. The van der Waals surface area contributed by atoms with E-state index in [1.807, 2.05) is 6.92 Å². The first-order chi connectivity index (χ1) is 13.6. The molecule has 1 fully saturated rings. The first kappa shape index (κ1) is 23.3. The Kier molecular flexibility index (Phi) is 7.80. The highest BCUT2D eigenvalue weighted by molar-refractivity contribution is 7.90. The average Bonchev–Trinajstić information content (AvgIpc) is 2.64. The Morgan fingerprint density at radius 3 is 2.31 bits per heavy atom. The molecule has 6 nitrogen and oxygen atoms in total. The van der Waals surface area contributed by atoms with E-state index in [1.54, 1.807) is 0 Å². The summed E-state index contributed by atoms with van der Waals surface area (Å²) in [5.41, 5.74) is -5.39. The zero-order valence-corrected chi connectivity index (χ0v) is 16.6. The van der Waals surface area contributed by atoms with Crippen LogP contribution in [0.15, 0.2) is 23.2 Å². The van der Waals surface area contributed by atoms with Gasteiger partial charge in [-0.1, -0.05) is 6.07 Å². The molecular weight excluding hydrogens is 419 g/mol. The van der Waals surface area contributed by atoms with Crippen LogP contribution in [0.1, 0.15) is 25.3 Å². The third-order valence-electron chi connectivity index (χ3n) is 4.46. The molecule has 0 bridgehead atoms. The molecule has 164 valence electrons. The fourth-order valence-corrected chi connectivity index (χ4v) is 3.94. The Balaban J connectivity index is 1.93. The molecular formula is C17H23F5N4O2S. The number of alkyl halides is 3. The van der Waals surface area contributed by atoms with Gasteiger partial charge in [0.15, 0.2) is 5.96 Å². The van der Waals surface area contributed by atoms with E-state index in [-0.39, 0.29) is 50.5 Å². The van der Waals surface area contributed by atoms with Gasteiger partial charge in [-0.25, -0.2) is 17.2 Å². The third kappa shape index (κ3) is 6.01. The minimum atomic E-state index is -5.33. The van der Waals surface area contributed by atoms with Crippen LogP contribution in [0, 0.1) is 11.6 Å². The van der Waals surface area contributed by atoms with Crippen LogP contribution in [-0.2, 0) is 16.4 Å². The second-order valence-corrected chi connectivity index (χ2v) is 8.41. The average molecular weight is 442 g/mol. The first-order valence-corrected chi connectivity index (χ1v) is 10.5. The van der Waals surface area contributed by atoms with Crippen molar-refractivity contribution in [1.82, 2.24) is 14.9 Å². The van der Waals surface area contributed by atoms with Crippen LogP contribution < -0.4 is 10.6 Å². The van der Waals surface area contributed by atoms with E-state index in [0.717, 1.165) is 12.1 Å². The summed E-state index contributed by atoms with van der Waals surface area (Å²) in [6, 6.07) is 3.31. The van der Waals surface area contributed by atoms with Crippen LogP contribution >= 0.6 is 0 Å². The number of nitrogens with zero attached hydrogens (tertiary/aromatic N) is 2. The molecule has 0 unspecified atom stereocenters. The number of hydrogen-bond acceptors (Lipinski definition) is 3. The number of hydrogen-bond donors (Lipinski definition) is 2. The van der Waals surface area contributed by atoms with Crippen LogP contribution in [0.5, 0.6) is 0 Å². The summed E-state index contributed by atoms with van der Waals surface area (Å²) >= 11 is 0. The van der Waals surface area contributed by atoms with Crippen LogP contribution in [0.3, 0.4) is 0 Å². The fraction of sp³-hybridized carbons (Fsp3) is 0.588. The molecule has 1 aromatic carbocycles. The molecule has 2 N–H and O–H groups in total. The number of piperidine rings is 1. The van der Waals surface area contributed by atoms with Gasteiger partial charge in [-0.05, 0) is 38.3 Å². The Bertz CT molecular complexity index is 801. The van der Waals surface area contributed by atoms with Gasteiger partial charge in [-0.2, -0.15) is 17.5 Å². The molecule has 0 spiro atoms. The molecule has 1 saturated heterocycles. The summed E-state index contributed by atoms with van der Waals surface area (Å²) in [5, 5.41) is 5.98. The highest BCUT2D eigenvalue weighted by Crippen LogP contribution is 2.28. The third-order valence-corrected chi connectivity index (χ3v) is 6.09. The maximum absolute atomic E-state index is 13.7. The summed E-state index contributed by atoms with van der Waals surface area (Å²) < 4.78 is 88.6. The Morgan fingerprint density at radius 2 is 1.79 bits per heavy atom. The van der Waals surface area contributed by atoms with Gasteiger partial charge in [0, 0.05) is 37.8 Å². The second kappa shape index (κ2) is 9.70. The van der Waals surface area contributed by atoms with Gasteiger partial charge in [0.05, 0.1) is 0 Å². The van der Waals surface area contributed by atoms with Crippen molar-refractivity contribution in [3.8, 4) is 0 Å². The molecule has 0 amide bonds. The van der Waals surface area contributed by atoms with Crippen LogP contribution in [0.25, 0.3) is 0 Å². The minimum absolute atomic E-state index is 0.0390. The van der Waals surface area contributed by atoms with Crippen molar-refractivity contribution in [3.63, 3.8) is 0 Å². The smallest absolute Gasteiger partial charge is 0.357 e. The highest BCUT2D eigenvalue weighted by atomic mass is 32.2. The number of benzene rings is 1. The normalized spacial score (nSPS) is 17.4. The van der Waals surface area contributed by atoms with E-state index in [0.29, 0.717) is 16.8 Å². The van der Waals surface area contributed by atoms with E-state index in [4.69, 9.17) is 0 Å². The molecule has 1 aromatic rings. The van der Waals surface area contributed by atoms with Crippen molar-refractivity contribution in [2.75, 3.05) is 26.2 Å². The summed E-state index contributed by atoms with van der Waals surface area (Å²) in [5.74, 6) is -0.964. The van der Waals surface area contributed by atoms with Gasteiger partial charge in [-0.15, -0.1) is 0 Å². The number of nitrogens with one attached hydrogen (secondary N) is 2. The number of guanidine groups is 1. The molecule has 2 rings (SSSR count). The predicted octanol–water partition coefficient (Wildman–Crippen LogP) is 2.38. The highest BCUT2D eigenvalue weighted by Gasteiger charge is 2.50. The van der Waals surface area contributed by atoms with E-state index in [2.05, 4.69) is 15.6 Å². The van der Waals surface area contributed by atoms with Crippen LogP contribution in [-0.4, -0.2) is 56.4 Å². The lowest BCUT2D eigenvalue weighted by atomic mass is 10.1. The molecule has 0 atom stereocenters. The maximum atomic E-state index is 13.7. The van der Waals surface area contributed by atoms with Crippen molar-refractivity contribution in [2.45, 2.75) is 37.7 Å². The number of aliphatic imine (C=N–C) groups is 1. The van der Waals surface area contributed by atoms with E-state index < -0.39 is 27.2 Å². The van der Waals surface area contributed by atoms with Crippen molar-refractivity contribution >= 4 is 16.0 Å². The van der Waals surface area contributed by atoms with Crippen molar-refractivity contribution < 1.29 is 30.4 Å². The predicted molar refractivity (Wildman–Crippen MR) is 98.7 cm³/mol. The molecule has 12 heteroatoms. The zero-order valence-electron chi connectivity index (χ0n) is 15.8. The van der Waals surface area contributed by atoms with Gasteiger partial charge in [0.2, 0.25) is 0 Å². The Labute approximate surface area is 166 Å². The molecule has 1 aliphatic rings. The summed E-state index contributed by atoms with van der Waals surface area (Å²) in [6.07, 6.45) is 0.376. The quantitative estimate of drug-likeness (QED) is 0.403. The Hall–Kier alpha value is -1.95. The molecule has 0 saturated carbocycles. The van der Waals surface area contributed by atoms with Gasteiger partial charge in [0.25, 0.3) is 0 Å². The standard InChI is InChI=1S/C17H23F5N4O2S/c1-2-23-16(24-9-6-13-14(18)4-3-5-15(13)19)25-12-7-10-26(11-8-12)29(27,28)17(20,21)22/h3-5,12H,2,6-11H2,1H3,(H2,23,24,25). The van der Waals surface area contributed by atoms with Crippen molar-refractivity contribution in [2.24, 2.45) is 4.99 Å². The lowest BCUT2D eigenvalue weighted by molar-refractivity contribution is -0.0494. The maximum Gasteiger partial charge on any atom is 0.511 e. The van der Waals surface area contributed by atoms with Gasteiger partial charge >= 0.3 is 15.5 Å². The summed E-state index contributed by atoms with van der Waals surface area (Å²) in [6.45, 7) is 1.88. The SMILES string of the molecule is CCNC(=NCCc1c(F)cccc1F)NC1CCN(S(=O)(=O)C(F)(F)F)CC1. The second-order valence-electron chi connectivity index (χ2n) is 6.48. The largest absolute Gasteiger partial charge is 0.511 e.